The zero-order valence-corrected chi connectivity index (χ0v) is 11.4. The van der Waals surface area contributed by atoms with E-state index in [2.05, 4.69) is 29.5 Å². The molecule has 1 unspecified atom stereocenters. The highest BCUT2D eigenvalue weighted by Gasteiger charge is 2.35. The molecule has 0 bridgehead atoms. The SMILES string of the molecule is CC(I)C1CN(C(=O)OC(C)(C)C)C1. The van der Waals surface area contributed by atoms with Gasteiger partial charge in [0.25, 0.3) is 0 Å². The first-order valence-electron chi connectivity index (χ1n) is 4.91. The maximum Gasteiger partial charge on any atom is 0.410 e. The maximum absolute atomic E-state index is 11.5. The van der Waals surface area contributed by atoms with Crippen LogP contribution in [0.25, 0.3) is 0 Å². The molecule has 3 nitrogen and oxygen atoms in total. The van der Waals surface area contributed by atoms with Crippen LogP contribution in [0.1, 0.15) is 27.7 Å². The number of hydrogen-bond donors (Lipinski definition) is 0. The van der Waals surface area contributed by atoms with Crippen LogP contribution in [-0.4, -0.2) is 33.6 Å². The molecule has 1 atom stereocenters. The molecule has 1 amide bonds. The first-order chi connectivity index (χ1) is 6.29. The molecule has 0 aromatic rings. The van der Waals surface area contributed by atoms with Crippen molar-refractivity contribution in [3.63, 3.8) is 0 Å². The lowest BCUT2D eigenvalue weighted by Gasteiger charge is -2.41. The van der Waals surface area contributed by atoms with Crippen LogP contribution in [0.2, 0.25) is 0 Å². The molecule has 1 aliphatic heterocycles. The predicted octanol–water partition coefficient (Wildman–Crippen LogP) is 2.68. The Morgan fingerprint density at radius 2 is 2.00 bits per heavy atom. The van der Waals surface area contributed by atoms with Crippen LogP contribution >= 0.6 is 22.6 Å². The monoisotopic (exact) mass is 311 g/mol. The van der Waals surface area contributed by atoms with Crippen LogP contribution in [0.5, 0.6) is 0 Å². The van der Waals surface area contributed by atoms with Gasteiger partial charge in [-0.15, -0.1) is 0 Å². The molecule has 82 valence electrons. The number of halogens is 1. The molecular formula is C10H18INO2. The van der Waals surface area contributed by atoms with Crippen molar-refractivity contribution in [3.8, 4) is 0 Å². The average Bonchev–Trinajstić information content (AvgIpc) is 1.75. The van der Waals surface area contributed by atoms with Gasteiger partial charge in [0.1, 0.15) is 5.60 Å². The van der Waals surface area contributed by atoms with E-state index in [4.69, 9.17) is 4.74 Å². The van der Waals surface area contributed by atoms with Gasteiger partial charge < -0.3 is 9.64 Å². The van der Waals surface area contributed by atoms with Gasteiger partial charge in [0.05, 0.1) is 0 Å². The van der Waals surface area contributed by atoms with Gasteiger partial charge in [0.2, 0.25) is 0 Å². The highest BCUT2D eigenvalue weighted by Crippen LogP contribution is 2.25. The molecule has 0 N–H and O–H groups in total. The minimum Gasteiger partial charge on any atom is -0.444 e. The average molecular weight is 311 g/mol. The number of ether oxygens (including phenoxy) is 1. The van der Waals surface area contributed by atoms with Gasteiger partial charge in [-0.05, 0) is 20.8 Å². The Kier molecular flexibility index (Phi) is 3.66. The Hall–Kier alpha value is 0. The fourth-order valence-corrected chi connectivity index (χ4v) is 1.73. The summed E-state index contributed by atoms with van der Waals surface area (Å²) >= 11 is 2.40. The van der Waals surface area contributed by atoms with Crippen LogP contribution < -0.4 is 0 Å². The van der Waals surface area contributed by atoms with Crippen LogP contribution in [0.4, 0.5) is 4.79 Å². The lowest BCUT2D eigenvalue weighted by molar-refractivity contribution is -0.0000294. The van der Waals surface area contributed by atoms with Crippen LogP contribution in [-0.2, 0) is 4.74 Å². The van der Waals surface area contributed by atoms with E-state index in [0.717, 1.165) is 13.1 Å². The highest BCUT2D eigenvalue weighted by atomic mass is 127. The molecule has 0 aromatic carbocycles. The van der Waals surface area contributed by atoms with Gasteiger partial charge in [-0.2, -0.15) is 0 Å². The summed E-state index contributed by atoms with van der Waals surface area (Å²) in [6.07, 6.45) is -0.175. The minimum absolute atomic E-state index is 0.175. The fraction of sp³-hybridized carbons (Fsp3) is 0.900. The number of hydrogen-bond acceptors (Lipinski definition) is 2. The van der Waals surface area contributed by atoms with Gasteiger partial charge in [-0.25, -0.2) is 4.79 Å². The first kappa shape index (κ1) is 12.1. The van der Waals surface area contributed by atoms with Crippen molar-refractivity contribution in [3.05, 3.63) is 0 Å². The van der Waals surface area contributed by atoms with E-state index in [0.29, 0.717) is 9.84 Å². The third kappa shape index (κ3) is 3.29. The number of carbonyl (C=O) groups excluding carboxylic acids is 1. The molecule has 4 heteroatoms. The molecule has 0 saturated carbocycles. The number of amides is 1. The Bertz CT molecular complexity index is 217. The quantitative estimate of drug-likeness (QED) is 0.550. The van der Waals surface area contributed by atoms with Gasteiger partial charge in [-0.3, -0.25) is 0 Å². The van der Waals surface area contributed by atoms with Crippen molar-refractivity contribution in [1.82, 2.24) is 4.90 Å². The summed E-state index contributed by atoms with van der Waals surface area (Å²) in [4.78, 5) is 13.3. The Morgan fingerprint density at radius 3 is 2.36 bits per heavy atom. The van der Waals surface area contributed by atoms with Gasteiger partial charge in [0, 0.05) is 22.9 Å². The Morgan fingerprint density at radius 1 is 1.50 bits per heavy atom. The summed E-state index contributed by atoms with van der Waals surface area (Å²) in [5.74, 6) is 0.642. The molecule has 0 radical (unpaired) electrons. The smallest absolute Gasteiger partial charge is 0.410 e. The van der Waals surface area contributed by atoms with Crippen molar-refractivity contribution in [1.29, 1.82) is 0 Å². The standard InChI is InChI=1S/C10H18INO2/c1-7(11)8-5-12(6-8)9(13)14-10(2,3)4/h7-8H,5-6H2,1-4H3. The summed E-state index contributed by atoms with van der Waals surface area (Å²) in [7, 11) is 0. The van der Waals surface area contributed by atoms with Crippen LogP contribution in [0.15, 0.2) is 0 Å². The van der Waals surface area contributed by atoms with Crippen molar-refractivity contribution >= 4 is 28.7 Å². The van der Waals surface area contributed by atoms with Crippen molar-refractivity contribution in [2.45, 2.75) is 37.2 Å². The lowest BCUT2D eigenvalue weighted by Crippen LogP contribution is -2.53. The third-order valence-electron chi connectivity index (χ3n) is 2.21. The zero-order valence-electron chi connectivity index (χ0n) is 9.21. The van der Waals surface area contributed by atoms with E-state index in [1.807, 2.05) is 20.8 Å². The lowest BCUT2D eigenvalue weighted by atomic mass is 9.98. The molecule has 0 spiro atoms. The Balaban J connectivity index is 2.30. The summed E-state index contributed by atoms with van der Waals surface area (Å²) in [5, 5.41) is 0. The number of nitrogens with zero attached hydrogens (tertiary/aromatic N) is 1. The van der Waals surface area contributed by atoms with Gasteiger partial charge in [0.15, 0.2) is 0 Å². The number of alkyl halides is 1. The fourth-order valence-electron chi connectivity index (χ4n) is 1.28. The van der Waals surface area contributed by atoms with Crippen LogP contribution in [0.3, 0.4) is 0 Å². The largest absolute Gasteiger partial charge is 0.444 e. The predicted molar refractivity (Wildman–Crippen MR) is 64.8 cm³/mol. The molecule has 0 aromatic heterocycles. The Labute approximate surface area is 99.3 Å². The van der Waals surface area contributed by atoms with E-state index in [1.54, 1.807) is 4.90 Å². The molecule has 0 aliphatic carbocycles. The second-order valence-corrected chi connectivity index (χ2v) is 6.79. The molecule has 1 rings (SSSR count). The van der Waals surface area contributed by atoms with E-state index in [-0.39, 0.29) is 11.7 Å². The van der Waals surface area contributed by atoms with Crippen molar-refractivity contribution in [2.24, 2.45) is 5.92 Å². The molecular weight excluding hydrogens is 293 g/mol. The third-order valence-corrected chi connectivity index (χ3v) is 3.23. The van der Waals surface area contributed by atoms with E-state index >= 15 is 0 Å². The molecule has 1 fully saturated rings. The second kappa shape index (κ2) is 4.24. The topological polar surface area (TPSA) is 29.5 Å². The second-order valence-electron chi connectivity index (χ2n) is 4.82. The molecule has 1 saturated heterocycles. The summed E-state index contributed by atoms with van der Waals surface area (Å²) in [5.41, 5.74) is -0.377. The summed E-state index contributed by atoms with van der Waals surface area (Å²) in [6.45, 7) is 9.55. The van der Waals surface area contributed by atoms with E-state index < -0.39 is 0 Å². The number of carbonyl (C=O) groups is 1. The minimum atomic E-state index is -0.377. The maximum atomic E-state index is 11.5. The van der Waals surface area contributed by atoms with Crippen molar-refractivity contribution < 1.29 is 9.53 Å². The number of rotatable bonds is 1. The van der Waals surface area contributed by atoms with E-state index in [1.165, 1.54) is 0 Å². The van der Waals surface area contributed by atoms with Gasteiger partial charge >= 0.3 is 6.09 Å². The van der Waals surface area contributed by atoms with E-state index in [9.17, 15) is 4.79 Å². The van der Waals surface area contributed by atoms with Crippen molar-refractivity contribution in [2.75, 3.05) is 13.1 Å². The normalized spacial score (nSPS) is 20.2. The molecule has 14 heavy (non-hydrogen) atoms. The highest BCUT2D eigenvalue weighted by molar-refractivity contribution is 14.1. The van der Waals surface area contributed by atoms with Crippen LogP contribution in [0, 0.1) is 5.92 Å². The molecule has 1 heterocycles. The summed E-state index contributed by atoms with van der Waals surface area (Å²) in [6, 6.07) is 0. The number of likely N-dealkylation sites (tertiary alicyclic amines) is 1. The first-order valence-corrected chi connectivity index (χ1v) is 6.16. The molecule has 1 aliphatic rings. The van der Waals surface area contributed by atoms with Gasteiger partial charge in [-0.1, -0.05) is 29.5 Å². The zero-order chi connectivity index (χ0) is 10.9. The summed E-state index contributed by atoms with van der Waals surface area (Å²) < 4.78 is 5.89.